The van der Waals surface area contributed by atoms with E-state index in [-0.39, 0.29) is 12.5 Å². The van der Waals surface area contributed by atoms with Gasteiger partial charge >= 0.3 is 6.09 Å². The monoisotopic (exact) mass is 476 g/mol. The molecule has 1 heterocycles. The average molecular weight is 477 g/mol. The third-order valence-electron chi connectivity index (χ3n) is 5.05. The Morgan fingerprint density at radius 2 is 1.84 bits per heavy atom. The number of ether oxygens (including phenoxy) is 2. The van der Waals surface area contributed by atoms with E-state index in [2.05, 4.69) is 10.6 Å². The van der Waals surface area contributed by atoms with E-state index in [1.165, 1.54) is 11.3 Å². The average Bonchev–Trinajstić information content (AvgIpc) is 2.94. The standard InChI is InChI=1S/C23H28N2O5S2/c1-3-30-23(28)25-21(27)20-17-7-5-4-6-8-18(17)32-22(20)24-19(26)13-14-31-16-11-9-15(29-2)10-12-16/h9-12H,3-8,13-14H2,1-2H3,(H,24,26)(H,25,27,28). The fraction of sp³-hybridized carbons (Fsp3) is 0.435. The summed E-state index contributed by atoms with van der Waals surface area (Å²) in [6.07, 6.45) is 4.30. The van der Waals surface area contributed by atoms with Gasteiger partial charge in [-0.25, -0.2) is 4.79 Å². The second kappa shape index (κ2) is 11.9. The minimum Gasteiger partial charge on any atom is -0.497 e. The van der Waals surface area contributed by atoms with E-state index in [1.54, 1.807) is 25.8 Å². The molecule has 3 amide bonds. The van der Waals surface area contributed by atoms with Gasteiger partial charge in [0, 0.05) is 21.9 Å². The van der Waals surface area contributed by atoms with Gasteiger partial charge in [-0.1, -0.05) is 6.42 Å². The van der Waals surface area contributed by atoms with Crippen LogP contribution in [0.25, 0.3) is 0 Å². The lowest BCUT2D eigenvalue weighted by Gasteiger charge is -2.09. The molecule has 2 N–H and O–H groups in total. The molecule has 172 valence electrons. The molecule has 3 rings (SSSR count). The maximum Gasteiger partial charge on any atom is 0.414 e. The lowest BCUT2D eigenvalue weighted by Crippen LogP contribution is -2.32. The molecule has 0 bridgehead atoms. The molecule has 0 aliphatic heterocycles. The molecule has 32 heavy (non-hydrogen) atoms. The number of aryl methyl sites for hydroxylation is 1. The molecule has 2 aromatic rings. The quantitative estimate of drug-likeness (QED) is 0.410. The Morgan fingerprint density at radius 1 is 1.09 bits per heavy atom. The zero-order chi connectivity index (χ0) is 22.9. The minimum atomic E-state index is -0.778. The van der Waals surface area contributed by atoms with Gasteiger partial charge in [0.1, 0.15) is 10.8 Å². The molecular formula is C23H28N2O5S2. The van der Waals surface area contributed by atoms with Gasteiger partial charge in [0.05, 0.1) is 19.3 Å². The summed E-state index contributed by atoms with van der Waals surface area (Å²) in [4.78, 5) is 39.4. The topological polar surface area (TPSA) is 93.7 Å². The van der Waals surface area contributed by atoms with Crippen LogP contribution >= 0.6 is 23.1 Å². The van der Waals surface area contributed by atoms with Crippen molar-refractivity contribution in [2.75, 3.05) is 24.8 Å². The van der Waals surface area contributed by atoms with Crippen LogP contribution in [0.1, 0.15) is 53.4 Å². The van der Waals surface area contributed by atoms with Gasteiger partial charge in [-0.2, -0.15) is 0 Å². The van der Waals surface area contributed by atoms with E-state index in [4.69, 9.17) is 9.47 Å². The van der Waals surface area contributed by atoms with Gasteiger partial charge in [-0.05, 0) is 62.4 Å². The van der Waals surface area contributed by atoms with Gasteiger partial charge in [-0.3, -0.25) is 14.9 Å². The first-order chi connectivity index (χ1) is 15.5. The number of imide groups is 1. The third kappa shape index (κ3) is 6.49. The number of hydrogen-bond donors (Lipinski definition) is 2. The number of anilines is 1. The second-order valence-electron chi connectivity index (χ2n) is 7.27. The Labute approximate surface area is 196 Å². The first-order valence-electron chi connectivity index (χ1n) is 10.7. The second-order valence-corrected chi connectivity index (χ2v) is 9.54. The Balaban J connectivity index is 1.66. The fourth-order valence-electron chi connectivity index (χ4n) is 3.52. The van der Waals surface area contributed by atoms with Crippen LogP contribution in [0.2, 0.25) is 0 Å². The molecule has 0 spiro atoms. The first kappa shape index (κ1) is 24.1. The van der Waals surface area contributed by atoms with Crippen molar-refractivity contribution in [2.45, 2.75) is 50.3 Å². The highest BCUT2D eigenvalue weighted by atomic mass is 32.2. The summed E-state index contributed by atoms with van der Waals surface area (Å²) >= 11 is 3.02. The molecule has 0 atom stereocenters. The van der Waals surface area contributed by atoms with Crippen molar-refractivity contribution >= 4 is 46.0 Å². The number of carbonyl (C=O) groups excluding carboxylic acids is 3. The van der Waals surface area contributed by atoms with E-state index in [0.29, 0.717) is 22.7 Å². The molecular weight excluding hydrogens is 448 g/mol. The summed E-state index contributed by atoms with van der Waals surface area (Å²) in [6.45, 7) is 1.85. The zero-order valence-electron chi connectivity index (χ0n) is 18.3. The van der Waals surface area contributed by atoms with Crippen LogP contribution in [-0.4, -0.2) is 37.4 Å². The number of hydrogen-bond acceptors (Lipinski definition) is 7. The lowest BCUT2D eigenvalue weighted by atomic mass is 10.0. The fourth-order valence-corrected chi connectivity index (χ4v) is 5.67. The number of thioether (sulfide) groups is 1. The van der Waals surface area contributed by atoms with Gasteiger partial charge in [0.25, 0.3) is 5.91 Å². The van der Waals surface area contributed by atoms with Crippen molar-refractivity contribution in [1.29, 1.82) is 0 Å². The van der Waals surface area contributed by atoms with Gasteiger partial charge in [0.15, 0.2) is 0 Å². The van der Waals surface area contributed by atoms with E-state index in [9.17, 15) is 14.4 Å². The Morgan fingerprint density at radius 3 is 2.56 bits per heavy atom. The van der Waals surface area contributed by atoms with Crippen LogP contribution in [0.4, 0.5) is 9.80 Å². The number of carbonyl (C=O) groups is 3. The molecule has 7 nitrogen and oxygen atoms in total. The van der Waals surface area contributed by atoms with Gasteiger partial charge in [0.2, 0.25) is 5.91 Å². The number of thiophene rings is 1. The normalized spacial score (nSPS) is 12.9. The minimum absolute atomic E-state index is 0.160. The molecule has 0 saturated heterocycles. The molecule has 9 heteroatoms. The van der Waals surface area contributed by atoms with Gasteiger partial charge < -0.3 is 14.8 Å². The van der Waals surface area contributed by atoms with Crippen LogP contribution in [-0.2, 0) is 22.4 Å². The predicted octanol–water partition coefficient (Wildman–Crippen LogP) is 5.03. The Bertz CT molecular complexity index is 956. The van der Waals surface area contributed by atoms with Crippen LogP contribution in [0.15, 0.2) is 29.2 Å². The summed E-state index contributed by atoms with van der Waals surface area (Å²) in [7, 11) is 1.62. The molecule has 1 aliphatic rings. The van der Waals surface area contributed by atoms with E-state index in [0.717, 1.165) is 53.2 Å². The molecule has 0 unspecified atom stereocenters. The smallest absolute Gasteiger partial charge is 0.414 e. The van der Waals surface area contributed by atoms with Gasteiger partial charge in [-0.15, -0.1) is 23.1 Å². The highest BCUT2D eigenvalue weighted by Crippen LogP contribution is 2.37. The third-order valence-corrected chi connectivity index (χ3v) is 7.27. The number of methoxy groups -OCH3 is 1. The van der Waals surface area contributed by atoms with E-state index in [1.807, 2.05) is 24.3 Å². The van der Waals surface area contributed by atoms with Crippen LogP contribution < -0.4 is 15.4 Å². The molecule has 0 radical (unpaired) electrons. The Kier molecular flexibility index (Phi) is 8.99. The Hall–Kier alpha value is -2.52. The summed E-state index contributed by atoms with van der Waals surface area (Å²) < 4.78 is 10.00. The van der Waals surface area contributed by atoms with Crippen molar-refractivity contribution < 1.29 is 23.9 Å². The summed E-state index contributed by atoms with van der Waals surface area (Å²) in [5, 5.41) is 5.71. The summed E-state index contributed by atoms with van der Waals surface area (Å²) in [5.41, 5.74) is 1.34. The maximum absolute atomic E-state index is 12.9. The van der Waals surface area contributed by atoms with Crippen molar-refractivity contribution in [2.24, 2.45) is 0 Å². The number of amides is 3. The number of rotatable bonds is 8. The lowest BCUT2D eigenvalue weighted by molar-refractivity contribution is -0.115. The molecule has 1 aromatic heterocycles. The number of nitrogens with one attached hydrogen (secondary N) is 2. The van der Waals surface area contributed by atoms with E-state index < -0.39 is 12.0 Å². The molecule has 0 fully saturated rings. The molecule has 0 saturated carbocycles. The number of benzene rings is 1. The van der Waals surface area contributed by atoms with Crippen molar-refractivity contribution in [3.8, 4) is 5.75 Å². The predicted molar refractivity (Wildman–Crippen MR) is 127 cm³/mol. The van der Waals surface area contributed by atoms with Crippen LogP contribution in [0, 0.1) is 0 Å². The largest absolute Gasteiger partial charge is 0.497 e. The SMILES string of the molecule is CCOC(=O)NC(=O)c1c(NC(=O)CCSc2ccc(OC)cc2)sc2c1CCCCC2. The van der Waals surface area contributed by atoms with Crippen LogP contribution in [0.5, 0.6) is 5.75 Å². The van der Waals surface area contributed by atoms with Crippen molar-refractivity contribution in [1.82, 2.24) is 5.32 Å². The van der Waals surface area contributed by atoms with Crippen LogP contribution in [0.3, 0.4) is 0 Å². The van der Waals surface area contributed by atoms with Crippen molar-refractivity contribution in [3.63, 3.8) is 0 Å². The van der Waals surface area contributed by atoms with E-state index >= 15 is 0 Å². The molecule has 1 aromatic carbocycles. The first-order valence-corrected chi connectivity index (χ1v) is 12.5. The highest BCUT2D eigenvalue weighted by Gasteiger charge is 2.27. The number of fused-ring (bicyclic) bond motifs is 1. The van der Waals surface area contributed by atoms with Crippen molar-refractivity contribution in [3.05, 3.63) is 40.3 Å². The number of alkyl carbamates (subject to hydrolysis) is 1. The highest BCUT2D eigenvalue weighted by molar-refractivity contribution is 7.99. The maximum atomic E-state index is 12.9. The summed E-state index contributed by atoms with van der Waals surface area (Å²) in [5.74, 6) is 0.713. The molecule has 1 aliphatic carbocycles. The summed E-state index contributed by atoms with van der Waals surface area (Å²) in [6, 6.07) is 7.68. The zero-order valence-corrected chi connectivity index (χ0v) is 20.0.